The molecule has 2 N–H and O–H groups in total. The van der Waals surface area contributed by atoms with Crippen molar-refractivity contribution in [3.05, 3.63) is 17.9 Å². The van der Waals surface area contributed by atoms with E-state index in [0.717, 1.165) is 25.8 Å². The summed E-state index contributed by atoms with van der Waals surface area (Å²) in [6.07, 6.45) is 6.96. The predicted molar refractivity (Wildman–Crippen MR) is 82.5 cm³/mol. The Kier molecular flexibility index (Phi) is 6.26. The quantitative estimate of drug-likeness (QED) is 0.724. The zero-order valence-electron chi connectivity index (χ0n) is 12.7. The van der Waals surface area contributed by atoms with Gasteiger partial charge in [0.05, 0.1) is 6.54 Å². The summed E-state index contributed by atoms with van der Waals surface area (Å²) in [5.74, 6) is 1.12. The fraction of sp³-hybridized carbons (Fsp3) is 0.733. The lowest BCUT2D eigenvalue weighted by Gasteiger charge is -2.21. The lowest BCUT2D eigenvalue weighted by molar-refractivity contribution is 0.353. The molecule has 0 amide bonds. The molecule has 2 rings (SSSR count). The van der Waals surface area contributed by atoms with Crippen molar-refractivity contribution in [2.45, 2.75) is 57.1 Å². The Bertz CT molecular complexity index is 519. The molecule has 21 heavy (non-hydrogen) atoms. The zero-order chi connectivity index (χ0) is 15.1. The molecule has 1 fully saturated rings. The monoisotopic (exact) mass is 314 g/mol. The smallest absolute Gasteiger partial charge is 0.273 e. The summed E-state index contributed by atoms with van der Waals surface area (Å²) < 4.78 is 32.5. The van der Waals surface area contributed by atoms with Gasteiger partial charge in [-0.05, 0) is 43.9 Å². The van der Waals surface area contributed by atoms with Crippen LogP contribution in [0.1, 0.15) is 51.2 Å². The van der Waals surface area contributed by atoms with Crippen LogP contribution in [0, 0.1) is 5.92 Å². The molecule has 1 aromatic heterocycles. The molecule has 120 valence electrons. The molecule has 0 unspecified atom stereocenters. The van der Waals surface area contributed by atoms with Crippen molar-refractivity contribution in [1.29, 1.82) is 0 Å². The van der Waals surface area contributed by atoms with Crippen molar-refractivity contribution >= 4 is 10.0 Å². The second kappa shape index (κ2) is 7.96. The zero-order valence-corrected chi connectivity index (χ0v) is 13.5. The van der Waals surface area contributed by atoms with Crippen LogP contribution in [0.4, 0.5) is 0 Å². The van der Waals surface area contributed by atoms with Crippen molar-refractivity contribution in [1.82, 2.24) is 10.0 Å². The van der Waals surface area contributed by atoms with E-state index in [1.165, 1.54) is 25.3 Å². The van der Waals surface area contributed by atoms with Gasteiger partial charge in [-0.3, -0.25) is 0 Å². The Morgan fingerprint density at radius 1 is 1.24 bits per heavy atom. The Morgan fingerprint density at radius 2 is 2.00 bits per heavy atom. The fourth-order valence-electron chi connectivity index (χ4n) is 2.68. The van der Waals surface area contributed by atoms with Crippen LogP contribution >= 0.6 is 0 Å². The van der Waals surface area contributed by atoms with Crippen molar-refractivity contribution in [3.63, 3.8) is 0 Å². The summed E-state index contributed by atoms with van der Waals surface area (Å²) in [6, 6.07) is 3.25. The Labute approximate surface area is 127 Å². The van der Waals surface area contributed by atoms with Crippen LogP contribution in [0.25, 0.3) is 0 Å². The van der Waals surface area contributed by atoms with E-state index in [0.29, 0.717) is 24.8 Å². The second-order valence-electron chi connectivity index (χ2n) is 5.75. The minimum atomic E-state index is -3.51. The Balaban J connectivity index is 1.86. The molecule has 1 heterocycles. The average molecular weight is 314 g/mol. The third-order valence-corrected chi connectivity index (χ3v) is 5.21. The normalized spacial score (nSPS) is 17.2. The molecule has 0 aliphatic heterocycles. The van der Waals surface area contributed by atoms with E-state index in [1.807, 2.05) is 0 Å². The van der Waals surface area contributed by atoms with Crippen LogP contribution in [0.3, 0.4) is 0 Å². The molecule has 0 bridgehead atoms. The number of furan rings is 1. The summed E-state index contributed by atoms with van der Waals surface area (Å²) >= 11 is 0. The van der Waals surface area contributed by atoms with Crippen LogP contribution in [0.15, 0.2) is 21.6 Å². The van der Waals surface area contributed by atoms with Crippen molar-refractivity contribution in [2.24, 2.45) is 5.92 Å². The van der Waals surface area contributed by atoms with Crippen LogP contribution in [-0.4, -0.2) is 21.5 Å². The summed E-state index contributed by atoms with van der Waals surface area (Å²) in [5, 5.41) is 3.21. The van der Waals surface area contributed by atoms with E-state index < -0.39 is 10.0 Å². The van der Waals surface area contributed by atoms with E-state index >= 15 is 0 Å². The SMILES string of the molecule is CCCNCc1ccc(S(=O)(=O)NCC2CCCCC2)o1. The number of nitrogens with one attached hydrogen (secondary N) is 2. The van der Waals surface area contributed by atoms with Crippen LogP contribution in [0.5, 0.6) is 0 Å². The highest BCUT2D eigenvalue weighted by Crippen LogP contribution is 2.23. The van der Waals surface area contributed by atoms with Crippen LogP contribution in [0.2, 0.25) is 0 Å². The van der Waals surface area contributed by atoms with Gasteiger partial charge in [0.2, 0.25) is 5.09 Å². The van der Waals surface area contributed by atoms with Crippen molar-refractivity contribution < 1.29 is 12.8 Å². The molecule has 0 atom stereocenters. The van der Waals surface area contributed by atoms with Gasteiger partial charge in [0.25, 0.3) is 10.0 Å². The summed E-state index contributed by atoms with van der Waals surface area (Å²) in [6.45, 7) is 4.06. The average Bonchev–Trinajstić information content (AvgIpc) is 2.96. The third kappa shape index (κ3) is 5.13. The first-order valence-electron chi connectivity index (χ1n) is 7.91. The molecule has 0 spiro atoms. The third-order valence-electron chi connectivity index (χ3n) is 3.91. The molecule has 5 nitrogen and oxygen atoms in total. The molecule has 1 aromatic rings. The summed E-state index contributed by atoms with van der Waals surface area (Å²) in [7, 11) is -3.51. The topological polar surface area (TPSA) is 71.3 Å². The van der Waals surface area contributed by atoms with Gasteiger partial charge in [-0.2, -0.15) is 0 Å². The lowest BCUT2D eigenvalue weighted by atomic mass is 9.90. The van der Waals surface area contributed by atoms with E-state index in [1.54, 1.807) is 6.07 Å². The first kappa shape index (κ1) is 16.5. The molecular formula is C15H26N2O3S. The van der Waals surface area contributed by atoms with Gasteiger partial charge in [0.15, 0.2) is 0 Å². The van der Waals surface area contributed by atoms with Gasteiger partial charge in [-0.25, -0.2) is 13.1 Å². The van der Waals surface area contributed by atoms with Gasteiger partial charge in [-0.15, -0.1) is 0 Å². The highest BCUT2D eigenvalue weighted by Gasteiger charge is 2.21. The van der Waals surface area contributed by atoms with E-state index in [2.05, 4.69) is 17.0 Å². The minimum absolute atomic E-state index is 0.0200. The maximum absolute atomic E-state index is 12.2. The molecule has 0 saturated heterocycles. The number of hydrogen-bond acceptors (Lipinski definition) is 4. The first-order valence-corrected chi connectivity index (χ1v) is 9.39. The minimum Gasteiger partial charge on any atom is -0.447 e. The maximum Gasteiger partial charge on any atom is 0.273 e. The van der Waals surface area contributed by atoms with Crippen LogP contribution in [-0.2, 0) is 16.6 Å². The number of sulfonamides is 1. The second-order valence-corrected chi connectivity index (χ2v) is 7.45. The number of rotatable bonds is 8. The largest absolute Gasteiger partial charge is 0.447 e. The highest BCUT2D eigenvalue weighted by atomic mass is 32.2. The van der Waals surface area contributed by atoms with Crippen molar-refractivity contribution in [3.8, 4) is 0 Å². The van der Waals surface area contributed by atoms with Gasteiger partial charge in [0, 0.05) is 6.54 Å². The molecule has 0 aromatic carbocycles. The highest BCUT2D eigenvalue weighted by molar-refractivity contribution is 7.89. The van der Waals surface area contributed by atoms with Crippen LogP contribution < -0.4 is 10.0 Å². The van der Waals surface area contributed by atoms with E-state index in [4.69, 9.17) is 4.42 Å². The van der Waals surface area contributed by atoms with Gasteiger partial charge in [0.1, 0.15) is 5.76 Å². The van der Waals surface area contributed by atoms with Gasteiger partial charge in [-0.1, -0.05) is 26.2 Å². The van der Waals surface area contributed by atoms with Crippen molar-refractivity contribution in [2.75, 3.05) is 13.1 Å². The molecule has 1 aliphatic carbocycles. The molecule has 6 heteroatoms. The van der Waals surface area contributed by atoms with E-state index in [9.17, 15) is 8.42 Å². The standard InChI is InChI=1S/C15H26N2O3S/c1-2-10-16-12-14-8-9-15(20-14)21(18,19)17-11-13-6-4-3-5-7-13/h8-9,13,16-17H,2-7,10-12H2,1H3. The molecular weight excluding hydrogens is 288 g/mol. The predicted octanol–water partition coefficient (Wildman–Crippen LogP) is 2.64. The van der Waals surface area contributed by atoms with E-state index in [-0.39, 0.29) is 5.09 Å². The van der Waals surface area contributed by atoms with Gasteiger partial charge >= 0.3 is 0 Å². The van der Waals surface area contributed by atoms with Gasteiger partial charge < -0.3 is 9.73 Å². The number of hydrogen-bond donors (Lipinski definition) is 2. The molecule has 0 radical (unpaired) electrons. The first-order chi connectivity index (χ1) is 10.1. The summed E-state index contributed by atoms with van der Waals surface area (Å²) in [5.41, 5.74) is 0. The Morgan fingerprint density at radius 3 is 2.71 bits per heavy atom. The fourth-order valence-corrected chi connectivity index (χ4v) is 3.74. The Hall–Kier alpha value is -0.850. The lowest BCUT2D eigenvalue weighted by Crippen LogP contribution is -2.30. The molecule has 1 aliphatic rings. The molecule has 1 saturated carbocycles. The maximum atomic E-state index is 12.2. The summed E-state index contributed by atoms with van der Waals surface area (Å²) in [4.78, 5) is 0.